The van der Waals surface area contributed by atoms with Crippen LogP contribution in [0.15, 0.2) is 11.8 Å². The van der Waals surface area contributed by atoms with Crippen LogP contribution in [-0.4, -0.2) is 14.3 Å². The molecule has 0 aromatic carbocycles. The molecular weight excluding hydrogens is 197 g/mol. The second-order valence-corrected chi connectivity index (χ2v) is 3.04. The molecule has 1 N–H and O–H groups in total. The molecule has 1 aliphatic heterocycles. The zero-order valence-electron chi connectivity index (χ0n) is 6.12. The number of carbonyl (C=O) groups excluding carboxylic acids is 1. The minimum atomic E-state index is -3.85. The Morgan fingerprint density at radius 3 is 2.45 bits per heavy atom. The largest absolute Gasteiger partial charge is 1.00 e. The summed E-state index contributed by atoms with van der Waals surface area (Å²) in [6.07, 6.45) is 1.06. The maximum Gasteiger partial charge on any atom is 1.00 e. The van der Waals surface area contributed by atoms with Gasteiger partial charge in [0.2, 0.25) is 0 Å². The third kappa shape index (κ3) is 3.68. The Kier molecular flexibility index (Phi) is 4.23. The number of rotatable bonds is 0. The molecule has 0 spiro atoms. The van der Waals surface area contributed by atoms with E-state index in [1.807, 2.05) is 0 Å². The van der Waals surface area contributed by atoms with Gasteiger partial charge in [-0.3, -0.25) is 4.79 Å². The van der Waals surface area contributed by atoms with Crippen LogP contribution in [0.25, 0.3) is 0 Å². The van der Waals surface area contributed by atoms with Crippen LogP contribution >= 0.6 is 0 Å². The molecule has 11 heavy (non-hydrogen) atoms. The van der Waals surface area contributed by atoms with Gasteiger partial charge in [0.15, 0.2) is 0 Å². The van der Waals surface area contributed by atoms with Crippen LogP contribution in [-0.2, 0) is 19.3 Å². The first-order chi connectivity index (χ1) is 4.49. The number of hydrogen-bond acceptors (Lipinski definition) is 4. The first-order valence-corrected chi connectivity index (χ1v) is 3.85. The van der Waals surface area contributed by atoms with E-state index in [1.165, 1.54) is 6.92 Å². The number of amides is 1. The van der Waals surface area contributed by atoms with Gasteiger partial charge in [-0.25, -0.2) is 4.72 Å². The first kappa shape index (κ1) is 11.6. The van der Waals surface area contributed by atoms with E-state index in [0.29, 0.717) is 0 Å². The normalized spacial score (nSPS) is 20.5. The average molecular weight is 202 g/mol. The number of hydrogen-bond donors (Lipinski definition) is 1. The van der Waals surface area contributed by atoms with E-state index in [1.54, 1.807) is 4.72 Å². The third-order valence-corrected chi connectivity index (χ3v) is 1.73. The van der Waals surface area contributed by atoms with Gasteiger partial charge in [-0.2, -0.15) is 8.42 Å². The van der Waals surface area contributed by atoms with E-state index in [9.17, 15) is 13.2 Å². The van der Waals surface area contributed by atoms with Gasteiger partial charge < -0.3 is 4.18 Å². The summed E-state index contributed by atoms with van der Waals surface area (Å²) < 4.78 is 26.8. The van der Waals surface area contributed by atoms with E-state index < -0.39 is 16.2 Å². The van der Waals surface area contributed by atoms with Gasteiger partial charge in [-0.15, -0.1) is 0 Å². The van der Waals surface area contributed by atoms with Gasteiger partial charge in [-0.05, 0) is 6.92 Å². The number of nitrogens with one attached hydrogen (secondary N) is 1. The molecule has 1 heterocycles. The Labute approximate surface area is 107 Å². The molecule has 0 aromatic heterocycles. The Morgan fingerprint density at radius 2 is 2.09 bits per heavy atom. The fourth-order valence-corrected chi connectivity index (χ4v) is 1.30. The van der Waals surface area contributed by atoms with Crippen molar-refractivity contribution in [3.8, 4) is 0 Å². The summed E-state index contributed by atoms with van der Waals surface area (Å²) in [7, 11) is -3.85. The van der Waals surface area contributed by atoms with E-state index in [0.717, 1.165) is 6.08 Å². The quantitative estimate of drug-likeness (QED) is 0.410. The fraction of sp³-hybridized carbons (Fsp3) is 0.250. The van der Waals surface area contributed by atoms with Crippen molar-refractivity contribution >= 4 is 16.2 Å². The molecule has 1 amide bonds. The molecule has 0 atom stereocenters. The molecule has 0 bridgehead atoms. The molecule has 0 saturated carbocycles. The number of carbonyl (C=O) groups is 1. The molecule has 56 valence electrons. The van der Waals surface area contributed by atoms with Gasteiger partial charge in [0.05, 0.1) is 0 Å². The van der Waals surface area contributed by atoms with Crippen LogP contribution in [0, 0.1) is 0 Å². The van der Waals surface area contributed by atoms with E-state index in [4.69, 9.17) is 0 Å². The smallest absolute Gasteiger partial charge is 0.371 e. The predicted molar refractivity (Wildman–Crippen MR) is 31.9 cm³/mol. The average Bonchev–Trinajstić information content (AvgIpc) is 1.54. The second kappa shape index (κ2) is 4.01. The molecule has 0 aliphatic carbocycles. The molecule has 0 radical (unpaired) electrons. The van der Waals surface area contributed by atoms with Crippen molar-refractivity contribution in [2.75, 3.05) is 0 Å². The summed E-state index contributed by atoms with van der Waals surface area (Å²) in [5.74, 6) is -0.604. The SMILES string of the molecule is CC1=CC(=O)NS(=O)(=O)O1.[K+]. The van der Waals surface area contributed by atoms with Gasteiger partial charge in [0.25, 0.3) is 5.91 Å². The van der Waals surface area contributed by atoms with Gasteiger partial charge in [-0.1, -0.05) is 0 Å². The molecule has 5 nitrogen and oxygen atoms in total. The summed E-state index contributed by atoms with van der Waals surface area (Å²) in [4.78, 5) is 10.4. The summed E-state index contributed by atoms with van der Waals surface area (Å²) in [6, 6.07) is 0. The molecule has 0 unspecified atom stereocenters. The molecular formula is C4H5KNO4S+. The summed E-state index contributed by atoms with van der Waals surface area (Å²) in [5, 5.41) is 0. The van der Waals surface area contributed by atoms with E-state index >= 15 is 0 Å². The fourth-order valence-electron chi connectivity index (χ4n) is 0.555. The summed E-state index contributed by atoms with van der Waals surface area (Å²) >= 11 is 0. The van der Waals surface area contributed by atoms with Crippen LogP contribution < -0.4 is 56.1 Å². The Bertz CT molecular complexity index is 293. The molecule has 0 aromatic rings. The van der Waals surface area contributed by atoms with E-state index in [-0.39, 0.29) is 57.1 Å². The Balaban J connectivity index is 0.000001000. The molecule has 0 fully saturated rings. The van der Waals surface area contributed by atoms with Crippen molar-refractivity contribution in [1.82, 2.24) is 4.72 Å². The van der Waals surface area contributed by atoms with Gasteiger partial charge >= 0.3 is 61.7 Å². The second-order valence-electron chi connectivity index (χ2n) is 1.76. The van der Waals surface area contributed by atoms with Crippen LogP contribution in [0.3, 0.4) is 0 Å². The maximum atomic E-state index is 10.5. The van der Waals surface area contributed by atoms with Crippen molar-refractivity contribution in [2.45, 2.75) is 6.92 Å². The molecule has 7 heteroatoms. The number of allylic oxidation sites excluding steroid dienone is 1. The first-order valence-electron chi connectivity index (χ1n) is 2.44. The van der Waals surface area contributed by atoms with Gasteiger partial charge in [0.1, 0.15) is 5.76 Å². The monoisotopic (exact) mass is 202 g/mol. The maximum absolute atomic E-state index is 10.5. The molecule has 1 rings (SSSR count). The third-order valence-electron chi connectivity index (χ3n) is 0.801. The Morgan fingerprint density at radius 1 is 1.55 bits per heavy atom. The standard InChI is InChI=1S/C4H5NO4S.K/c1-3-2-4(6)5-10(7,8)9-3;/h2H,1H3,(H,5,6);/q;+1. The minimum absolute atomic E-state index is 0. The van der Waals surface area contributed by atoms with Crippen molar-refractivity contribution in [3.05, 3.63) is 11.8 Å². The zero-order valence-corrected chi connectivity index (χ0v) is 10.1. The van der Waals surface area contributed by atoms with Gasteiger partial charge in [0, 0.05) is 6.08 Å². The van der Waals surface area contributed by atoms with Crippen LogP contribution in [0.5, 0.6) is 0 Å². The van der Waals surface area contributed by atoms with Crippen molar-refractivity contribution in [1.29, 1.82) is 0 Å². The topological polar surface area (TPSA) is 72.5 Å². The van der Waals surface area contributed by atoms with Crippen molar-refractivity contribution in [2.24, 2.45) is 0 Å². The van der Waals surface area contributed by atoms with Crippen LogP contribution in [0.4, 0.5) is 0 Å². The Hall–Kier alpha value is 0.596. The van der Waals surface area contributed by atoms with Crippen molar-refractivity contribution in [3.63, 3.8) is 0 Å². The van der Waals surface area contributed by atoms with Crippen LogP contribution in [0.2, 0.25) is 0 Å². The van der Waals surface area contributed by atoms with Crippen molar-refractivity contribution < 1.29 is 68.8 Å². The zero-order chi connectivity index (χ0) is 7.78. The molecule has 1 aliphatic rings. The predicted octanol–water partition coefficient (Wildman–Crippen LogP) is -3.71. The van der Waals surface area contributed by atoms with E-state index in [2.05, 4.69) is 4.18 Å². The summed E-state index contributed by atoms with van der Waals surface area (Å²) in [6.45, 7) is 1.39. The van der Waals surface area contributed by atoms with Crippen LogP contribution in [0.1, 0.15) is 6.92 Å². The summed E-state index contributed by atoms with van der Waals surface area (Å²) in [5.41, 5.74) is 0. The molecule has 0 saturated heterocycles. The minimum Gasteiger partial charge on any atom is -0.371 e.